The minimum atomic E-state index is -0.750. The summed E-state index contributed by atoms with van der Waals surface area (Å²) in [6, 6.07) is 0. The zero-order chi connectivity index (χ0) is 26.4. The lowest BCUT2D eigenvalue weighted by Gasteiger charge is -2.10. The fourth-order valence-electron chi connectivity index (χ4n) is 1.31. The van der Waals surface area contributed by atoms with Crippen molar-refractivity contribution in [2.75, 3.05) is 33.2 Å². The SMILES string of the molecule is C.C.C.C.C.C.CC(C)=C(C)CN=C=O.CC(C)=C(C)CNC(=O)OCOC(=O)NCC(C)=C(C)C.OCO. The Morgan fingerprint density at radius 2 is 0.923 bits per heavy atom. The van der Waals surface area contributed by atoms with Crippen molar-refractivity contribution in [1.29, 1.82) is 0 Å². The van der Waals surface area contributed by atoms with Gasteiger partial charge in [-0.15, -0.1) is 0 Å². The van der Waals surface area contributed by atoms with E-state index in [-0.39, 0.29) is 44.6 Å². The summed E-state index contributed by atoms with van der Waals surface area (Å²) in [6.45, 7) is 17.8. The molecule has 0 heterocycles. The van der Waals surface area contributed by atoms with Crippen LogP contribution in [0.2, 0.25) is 0 Å². The fourth-order valence-corrected chi connectivity index (χ4v) is 1.31. The molecule has 2 amide bonds. The average molecular weight is 568 g/mol. The molecular weight excluding hydrogens is 502 g/mol. The molecule has 0 aromatic carbocycles. The van der Waals surface area contributed by atoms with E-state index < -0.39 is 25.8 Å². The minimum Gasteiger partial charge on any atom is -0.412 e. The molecule has 0 unspecified atom stereocenters. The highest BCUT2D eigenvalue weighted by molar-refractivity contribution is 5.69. The molecule has 0 radical (unpaired) electrons. The molecule has 0 aliphatic heterocycles. The molecular formula is C29H65N3O7. The van der Waals surface area contributed by atoms with E-state index in [9.17, 15) is 14.4 Å². The van der Waals surface area contributed by atoms with Gasteiger partial charge in [-0.25, -0.2) is 19.4 Å². The Balaban J connectivity index is -0.0000000614. The van der Waals surface area contributed by atoms with E-state index in [0.29, 0.717) is 19.6 Å². The lowest BCUT2D eigenvalue weighted by Crippen LogP contribution is -2.30. The number of aliphatic hydroxyl groups is 2. The monoisotopic (exact) mass is 567 g/mol. The molecule has 0 aromatic heterocycles. The Kier molecular flexibility index (Phi) is 61.4. The first-order valence-electron chi connectivity index (χ1n) is 10.3. The summed E-state index contributed by atoms with van der Waals surface area (Å²) in [5, 5.41) is 19.4. The smallest absolute Gasteiger partial charge is 0.410 e. The van der Waals surface area contributed by atoms with E-state index in [1.807, 2.05) is 62.3 Å². The van der Waals surface area contributed by atoms with Crippen LogP contribution >= 0.6 is 0 Å². The third kappa shape index (κ3) is 45.4. The Morgan fingerprint density at radius 1 is 0.641 bits per heavy atom. The van der Waals surface area contributed by atoms with Crippen molar-refractivity contribution < 1.29 is 34.1 Å². The molecule has 39 heavy (non-hydrogen) atoms. The van der Waals surface area contributed by atoms with Crippen LogP contribution in [0, 0.1) is 0 Å². The van der Waals surface area contributed by atoms with Crippen molar-refractivity contribution in [3.63, 3.8) is 0 Å². The van der Waals surface area contributed by atoms with Crippen molar-refractivity contribution in [2.24, 2.45) is 4.99 Å². The summed E-state index contributed by atoms with van der Waals surface area (Å²) in [7, 11) is 0. The molecule has 0 fully saturated rings. The molecule has 0 aliphatic rings. The average Bonchev–Trinajstić information content (AvgIpc) is 2.74. The number of ether oxygens (including phenoxy) is 2. The molecule has 10 heteroatoms. The largest absolute Gasteiger partial charge is 0.412 e. The number of allylic oxidation sites excluding steroid dienone is 3. The van der Waals surface area contributed by atoms with Gasteiger partial charge in [-0.3, -0.25) is 0 Å². The molecule has 0 aromatic rings. The lowest BCUT2D eigenvalue weighted by atomic mass is 10.2. The predicted octanol–water partition coefficient (Wildman–Crippen LogP) is 7.53. The summed E-state index contributed by atoms with van der Waals surface area (Å²) in [4.78, 5) is 35.7. The Hall–Kier alpha value is -2.94. The van der Waals surface area contributed by atoms with E-state index in [1.54, 1.807) is 0 Å². The Labute approximate surface area is 241 Å². The van der Waals surface area contributed by atoms with E-state index >= 15 is 0 Å². The summed E-state index contributed by atoms with van der Waals surface area (Å²) in [5.41, 5.74) is 6.75. The second-order valence-electron chi connectivity index (χ2n) is 7.58. The van der Waals surface area contributed by atoms with Gasteiger partial charge in [-0.2, -0.15) is 0 Å². The number of alkyl carbamates (subject to hydrolysis) is 2. The van der Waals surface area contributed by atoms with Gasteiger partial charge < -0.3 is 30.3 Å². The van der Waals surface area contributed by atoms with Crippen LogP contribution in [-0.2, 0) is 14.3 Å². The number of carbonyl (C=O) groups excluding carboxylic acids is 3. The first-order chi connectivity index (χ1) is 15.3. The summed E-state index contributed by atoms with van der Waals surface area (Å²) < 4.78 is 9.46. The van der Waals surface area contributed by atoms with Gasteiger partial charge in [0.1, 0.15) is 6.79 Å². The third-order valence-corrected chi connectivity index (χ3v) is 4.32. The first kappa shape index (κ1) is 60.5. The Morgan fingerprint density at radius 3 is 1.15 bits per heavy atom. The number of nitrogens with zero attached hydrogens (tertiary/aromatic N) is 1. The van der Waals surface area contributed by atoms with Gasteiger partial charge in [0, 0.05) is 13.1 Å². The second kappa shape index (κ2) is 39.6. The first-order valence-corrected chi connectivity index (χ1v) is 10.3. The van der Waals surface area contributed by atoms with E-state index in [2.05, 4.69) is 15.6 Å². The van der Waals surface area contributed by atoms with Gasteiger partial charge in [-0.05, 0) is 62.3 Å². The summed E-state index contributed by atoms with van der Waals surface area (Å²) >= 11 is 0. The normalized spacial score (nSPS) is 7.36. The van der Waals surface area contributed by atoms with Gasteiger partial charge in [0.25, 0.3) is 0 Å². The standard InChI is InChI=1S/C15H26N2O4.C7H11NO.CH4O2.6CH4/c1-10(2)12(5)7-16-14(18)20-9-21-15(19)17-8-13(6)11(3)4;1-6(2)7(3)4-8-5-9;2-1-3;;;;;;/h7-9H2,1-6H3,(H,16,18)(H,17,19);4H2,1-3H3;2-3H,1H2;6*1H4. The molecule has 0 aliphatic carbocycles. The van der Waals surface area contributed by atoms with Crippen LogP contribution in [0.3, 0.4) is 0 Å². The molecule has 238 valence electrons. The molecule has 4 N–H and O–H groups in total. The van der Waals surface area contributed by atoms with E-state index in [0.717, 1.165) is 27.9 Å². The zero-order valence-electron chi connectivity index (χ0n) is 21.4. The van der Waals surface area contributed by atoms with E-state index in [1.165, 1.54) is 11.7 Å². The van der Waals surface area contributed by atoms with Gasteiger partial charge in [0.2, 0.25) is 12.9 Å². The molecule has 0 saturated carbocycles. The van der Waals surface area contributed by atoms with Gasteiger partial charge in [-0.1, -0.05) is 78.0 Å². The maximum Gasteiger partial charge on any atom is 0.410 e. The molecule has 0 atom stereocenters. The predicted molar refractivity (Wildman–Crippen MR) is 169 cm³/mol. The highest BCUT2D eigenvalue weighted by Crippen LogP contribution is 2.01. The Bertz CT molecular complexity index is 685. The van der Waals surface area contributed by atoms with E-state index in [4.69, 9.17) is 19.7 Å². The number of hydrogen-bond acceptors (Lipinski definition) is 8. The molecule has 0 rings (SSSR count). The van der Waals surface area contributed by atoms with Crippen LogP contribution in [0.25, 0.3) is 0 Å². The zero-order valence-corrected chi connectivity index (χ0v) is 21.4. The number of carbonyl (C=O) groups is 2. The highest BCUT2D eigenvalue weighted by Gasteiger charge is 2.06. The van der Waals surface area contributed by atoms with Crippen LogP contribution in [-0.4, -0.2) is 61.7 Å². The van der Waals surface area contributed by atoms with Gasteiger partial charge in [0.15, 0.2) is 0 Å². The lowest BCUT2D eigenvalue weighted by molar-refractivity contribution is 0.0250. The van der Waals surface area contributed by atoms with Crippen molar-refractivity contribution in [2.45, 2.75) is 107 Å². The summed E-state index contributed by atoms with van der Waals surface area (Å²) in [5.74, 6) is 0. The molecule has 0 spiro atoms. The highest BCUT2D eigenvalue weighted by atomic mass is 16.7. The van der Waals surface area contributed by atoms with Crippen LogP contribution in [0.5, 0.6) is 0 Å². The number of isocyanates is 1. The molecule has 0 bridgehead atoms. The number of nitrogens with one attached hydrogen (secondary N) is 2. The van der Waals surface area contributed by atoms with Gasteiger partial charge in [0.05, 0.1) is 6.54 Å². The minimum absolute atomic E-state index is 0. The maximum atomic E-state index is 11.3. The fraction of sp³-hybridized carbons (Fsp3) is 0.690. The molecule has 10 nitrogen and oxygen atoms in total. The number of hydrogen-bond donors (Lipinski definition) is 4. The van der Waals surface area contributed by atoms with Crippen LogP contribution in [0.4, 0.5) is 9.59 Å². The van der Waals surface area contributed by atoms with Crippen LogP contribution in [0.1, 0.15) is 107 Å². The van der Waals surface area contributed by atoms with Crippen LogP contribution < -0.4 is 10.6 Å². The number of rotatable bonds is 8. The summed E-state index contributed by atoms with van der Waals surface area (Å²) in [6.07, 6.45) is 0.251. The topological polar surface area (TPSA) is 147 Å². The van der Waals surface area contributed by atoms with Crippen molar-refractivity contribution in [3.05, 3.63) is 33.4 Å². The quantitative estimate of drug-likeness (QED) is 0.103. The second-order valence-corrected chi connectivity index (χ2v) is 7.58. The molecule has 0 saturated heterocycles. The number of aliphatic hydroxyl groups excluding tert-OH is 1. The number of aliphatic imine (C=N–C) groups is 1. The van der Waals surface area contributed by atoms with Crippen molar-refractivity contribution in [1.82, 2.24) is 10.6 Å². The third-order valence-electron chi connectivity index (χ3n) is 4.32. The van der Waals surface area contributed by atoms with Crippen molar-refractivity contribution in [3.8, 4) is 0 Å². The van der Waals surface area contributed by atoms with Crippen LogP contribution in [0.15, 0.2) is 38.4 Å². The number of amides is 2. The maximum absolute atomic E-state index is 11.3. The van der Waals surface area contributed by atoms with Gasteiger partial charge >= 0.3 is 12.2 Å². The van der Waals surface area contributed by atoms with Crippen molar-refractivity contribution >= 4 is 18.3 Å².